The molecule has 148 valence electrons. The second-order valence-electron chi connectivity index (χ2n) is 7.75. The fourth-order valence-corrected chi connectivity index (χ4v) is 4.28. The van der Waals surface area contributed by atoms with E-state index in [-0.39, 0.29) is 17.6 Å². The molecule has 1 amide bonds. The van der Waals surface area contributed by atoms with Gasteiger partial charge in [0.15, 0.2) is 5.78 Å². The molecule has 2 aromatic carbocycles. The summed E-state index contributed by atoms with van der Waals surface area (Å²) >= 11 is 0. The van der Waals surface area contributed by atoms with Crippen LogP contribution >= 0.6 is 0 Å². The van der Waals surface area contributed by atoms with E-state index in [2.05, 4.69) is 11.9 Å². The van der Waals surface area contributed by atoms with Gasteiger partial charge in [-0.3, -0.25) is 9.59 Å². The first-order chi connectivity index (χ1) is 14.0. The summed E-state index contributed by atoms with van der Waals surface area (Å²) in [7, 11) is -1.11. The summed E-state index contributed by atoms with van der Waals surface area (Å²) in [6.07, 6.45) is 1.99. The van der Waals surface area contributed by atoms with E-state index in [9.17, 15) is 14.6 Å². The molecule has 5 nitrogen and oxygen atoms in total. The van der Waals surface area contributed by atoms with E-state index in [0.717, 1.165) is 27.8 Å². The summed E-state index contributed by atoms with van der Waals surface area (Å²) in [5.74, 6) is 0.301. The molecule has 6 heteroatoms. The molecule has 2 N–H and O–H groups in total. The van der Waals surface area contributed by atoms with Crippen molar-refractivity contribution < 1.29 is 19.3 Å². The number of benzene rings is 2. The molecule has 0 fully saturated rings. The van der Waals surface area contributed by atoms with E-state index in [4.69, 9.17) is 4.65 Å². The smallest absolute Gasteiger partial charge is 0.534 e. The predicted molar refractivity (Wildman–Crippen MR) is 113 cm³/mol. The molecule has 4 rings (SSSR count). The highest BCUT2D eigenvalue weighted by Crippen LogP contribution is 2.42. The van der Waals surface area contributed by atoms with E-state index < -0.39 is 13.1 Å². The molecule has 0 saturated carbocycles. The first kappa shape index (κ1) is 19.5. The molecule has 1 aliphatic carbocycles. The molecule has 0 aromatic heterocycles. The lowest BCUT2D eigenvalue weighted by molar-refractivity contribution is -0.121. The largest absolute Gasteiger partial charge is 0.547 e. The number of carbonyl (C=O) groups is 2. The quantitative estimate of drug-likeness (QED) is 0.770. The number of Topliss-reactive ketones (excluding diaryl/α,β-unsaturated/α-hetero) is 1. The maximum atomic E-state index is 12.3. The molecular weight excluding hydrogens is 365 g/mol. The maximum Gasteiger partial charge on any atom is 0.547 e. The molecule has 2 atom stereocenters. The van der Waals surface area contributed by atoms with Gasteiger partial charge in [0.1, 0.15) is 5.75 Å². The van der Waals surface area contributed by atoms with Gasteiger partial charge in [0.05, 0.1) is 5.94 Å². The number of rotatable bonds is 5. The highest BCUT2D eigenvalue weighted by atomic mass is 16.5. The Kier molecular flexibility index (Phi) is 5.28. The number of nitrogens with one attached hydrogen (secondary N) is 1. The van der Waals surface area contributed by atoms with Gasteiger partial charge in [0.25, 0.3) is 0 Å². The van der Waals surface area contributed by atoms with Gasteiger partial charge in [-0.1, -0.05) is 56.0 Å². The highest BCUT2D eigenvalue weighted by molar-refractivity contribution is 6.46. The number of ketones is 1. The zero-order valence-corrected chi connectivity index (χ0v) is 16.5. The third kappa shape index (κ3) is 3.72. The lowest BCUT2D eigenvalue weighted by Crippen LogP contribution is -2.53. The average molecular weight is 389 g/mol. The Morgan fingerprint density at radius 1 is 1.24 bits per heavy atom. The Balaban J connectivity index is 1.55. The number of fused-ring (bicyclic) bond motifs is 2. The van der Waals surface area contributed by atoms with Crippen LogP contribution in [-0.4, -0.2) is 29.8 Å². The zero-order chi connectivity index (χ0) is 20.5. The first-order valence-corrected chi connectivity index (χ1v) is 10.0. The summed E-state index contributed by atoms with van der Waals surface area (Å²) < 4.78 is 5.81. The molecule has 0 radical (unpaired) electrons. The first-order valence-electron chi connectivity index (χ1n) is 10.0. The molecule has 0 bridgehead atoms. The van der Waals surface area contributed by atoms with Gasteiger partial charge in [-0.25, -0.2) is 0 Å². The Labute approximate surface area is 170 Å². The predicted octanol–water partition coefficient (Wildman–Crippen LogP) is 3.31. The fourth-order valence-electron chi connectivity index (χ4n) is 4.28. The van der Waals surface area contributed by atoms with Crippen LogP contribution in [0.3, 0.4) is 0 Å². The lowest BCUT2D eigenvalue weighted by atomic mass is 9.72. The Hall–Kier alpha value is -2.86. The number of hydrogen-bond donors (Lipinski definition) is 2. The SMILES string of the molecule is C=C(CC1CC(=O)c2ccccc21)c1cccc2c1OB(O)[C@@H](NC(=O)CC)C2. The van der Waals surface area contributed by atoms with Gasteiger partial charge in [-0.05, 0) is 35.5 Å². The van der Waals surface area contributed by atoms with Crippen LogP contribution in [0.4, 0.5) is 0 Å². The van der Waals surface area contributed by atoms with Crippen molar-refractivity contribution in [3.63, 3.8) is 0 Å². The molecule has 2 aromatic rings. The zero-order valence-electron chi connectivity index (χ0n) is 16.5. The van der Waals surface area contributed by atoms with Crippen molar-refractivity contribution in [1.82, 2.24) is 5.32 Å². The normalized spacial score (nSPS) is 19.9. The van der Waals surface area contributed by atoms with Crippen LogP contribution in [0.2, 0.25) is 0 Å². The van der Waals surface area contributed by atoms with Gasteiger partial charge in [0.2, 0.25) is 5.91 Å². The molecule has 0 saturated heterocycles. The third-order valence-corrected chi connectivity index (χ3v) is 5.79. The Bertz CT molecular complexity index is 987. The monoisotopic (exact) mass is 389 g/mol. The number of carbonyl (C=O) groups excluding carboxylic acids is 2. The van der Waals surface area contributed by atoms with Crippen molar-refractivity contribution in [2.45, 2.75) is 44.5 Å². The molecule has 29 heavy (non-hydrogen) atoms. The number of amides is 1. The topological polar surface area (TPSA) is 75.6 Å². The van der Waals surface area contributed by atoms with Crippen LogP contribution in [0.25, 0.3) is 5.57 Å². The van der Waals surface area contributed by atoms with Gasteiger partial charge in [0, 0.05) is 24.0 Å². The van der Waals surface area contributed by atoms with Crippen LogP contribution in [0.5, 0.6) is 5.75 Å². The van der Waals surface area contributed by atoms with Crippen molar-refractivity contribution in [2.75, 3.05) is 0 Å². The summed E-state index contributed by atoms with van der Waals surface area (Å²) in [6, 6.07) is 13.6. The van der Waals surface area contributed by atoms with E-state index in [1.165, 1.54) is 0 Å². The van der Waals surface area contributed by atoms with Crippen LogP contribution in [0.1, 0.15) is 59.2 Å². The van der Waals surface area contributed by atoms with E-state index in [0.29, 0.717) is 31.4 Å². The molecular formula is C23H24BNO4. The Morgan fingerprint density at radius 2 is 2.03 bits per heavy atom. The van der Waals surface area contributed by atoms with Crippen LogP contribution in [-0.2, 0) is 11.2 Å². The molecule has 1 heterocycles. The van der Waals surface area contributed by atoms with Crippen molar-refractivity contribution >= 4 is 24.4 Å². The molecule has 1 unspecified atom stereocenters. The number of allylic oxidation sites excluding steroid dienone is 1. The minimum Gasteiger partial charge on any atom is -0.534 e. The molecule has 1 aliphatic heterocycles. The minimum absolute atomic E-state index is 0.104. The highest BCUT2D eigenvalue weighted by Gasteiger charge is 2.37. The fraction of sp³-hybridized carbons (Fsp3) is 0.304. The van der Waals surface area contributed by atoms with Crippen LogP contribution < -0.4 is 9.97 Å². The van der Waals surface area contributed by atoms with Gasteiger partial charge >= 0.3 is 7.12 Å². The van der Waals surface area contributed by atoms with Crippen molar-refractivity contribution in [3.05, 3.63) is 71.3 Å². The van der Waals surface area contributed by atoms with Gasteiger partial charge in [-0.15, -0.1) is 0 Å². The van der Waals surface area contributed by atoms with Gasteiger partial charge in [-0.2, -0.15) is 0 Å². The second kappa shape index (κ2) is 7.87. The van der Waals surface area contributed by atoms with Crippen molar-refractivity contribution in [1.29, 1.82) is 0 Å². The summed E-state index contributed by atoms with van der Waals surface area (Å²) in [4.78, 5) is 24.0. The average Bonchev–Trinajstić information content (AvgIpc) is 3.03. The summed E-state index contributed by atoms with van der Waals surface area (Å²) in [5, 5.41) is 13.2. The van der Waals surface area contributed by atoms with E-state index in [1.54, 1.807) is 6.92 Å². The lowest BCUT2D eigenvalue weighted by Gasteiger charge is -2.30. The summed E-state index contributed by atoms with van der Waals surface area (Å²) in [6.45, 7) is 6.03. The van der Waals surface area contributed by atoms with Crippen molar-refractivity contribution in [2.24, 2.45) is 0 Å². The van der Waals surface area contributed by atoms with Crippen LogP contribution in [0.15, 0.2) is 49.0 Å². The second-order valence-corrected chi connectivity index (χ2v) is 7.75. The molecule has 0 spiro atoms. The van der Waals surface area contributed by atoms with Crippen LogP contribution in [0, 0.1) is 0 Å². The molecule has 2 aliphatic rings. The number of hydrogen-bond acceptors (Lipinski definition) is 4. The number of para-hydroxylation sites is 1. The minimum atomic E-state index is -1.11. The summed E-state index contributed by atoms with van der Waals surface area (Å²) in [5.41, 5.74) is 4.53. The third-order valence-electron chi connectivity index (χ3n) is 5.79. The maximum absolute atomic E-state index is 12.3. The van der Waals surface area contributed by atoms with Crippen molar-refractivity contribution in [3.8, 4) is 5.75 Å². The standard InChI is InChI=1S/C23H24BNO4/c1-3-22(27)25-21-13-15-7-6-10-17(23(15)29-24(21)28)14(2)11-16-12-20(26)19-9-5-4-8-18(16)19/h4-10,16,21,28H,2-3,11-13H2,1H3,(H,25,27)/t16?,21-/m0/s1. The van der Waals surface area contributed by atoms with E-state index in [1.807, 2.05) is 42.5 Å². The van der Waals surface area contributed by atoms with E-state index >= 15 is 0 Å². The Morgan fingerprint density at radius 3 is 2.83 bits per heavy atom. The van der Waals surface area contributed by atoms with Gasteiger partial charge < -0.3 is 15.0 Å².